The minimum absolute atomic E-state index is 0.0602. The number of nitro groups is 1. The fourth-order valence-electron chi connectivity index (χ4n) is 1.62. The van der Waals surface area contributed by atoms with E-state index in [1.165, 1.54) is 12.1 Å². The number of hydrogen-bond donors (Lipinski definition) is 1. The van der Waals surface area contributed by atoms with Gasteiger partial charge in [0, 0.05) is 18.1 Å². The number of ether oxygens (including phenoxy) is 1. The van der Waals surface area contributed by atoms with E-state index in [1.54, 1.807) is 12.1 Å². The molecule has 0 atom stereocenters. The van der Waals surface area contributed by atoms with Crippen LogP contribution in [0.25, 0.3) is 0 Å². The number of nitrogens with two attached hydrogens (primary N) is 1. The maximum Gasteiger partial charge on any atom is 0.312 e. The Morgan fingerprint density at radius 3 is 2.71 bits per heavy atom. The zero-order valence-corrected chi connectivity index (χ0v) is 13.0. The van der Waals surface area contributed by atoms with Crippen LogP contribution in [0.3, 0.4) is 0 Å². The number of rotatable bonds is 4. The molecular formula is C13H13BrN4O3. The highest BCUT2D eigenvalue weighted by atomic mass is 79.9. The lowest BCUT2D eigenvalue weighted by Crippen LogP contribution is -2.03. The van der Waals surface area contributed by atoms with Gasteiger partial charge in [-0.05, 0) is 22.0 Å². The van der Waals surface area contributed by atoms with Crippen molar-refractivity contribution in [3.05, 3.63) is 44.7 Å². The van der Waals surface area contributed by atoms with Crippen molar-refractivity contribution in [2.45, 2.75) is 19.8 Å². The molecule has 0 saturated carbocycles. The average molecular weight is 353 g/mol. The van der Waals surface area contributed by atoms with Gasteiger partial charge in [0.15, 0.2) is 0 Å². The Morgan fingerprint density at radius 1 is 1.38 bits per heavy atom. The summed E-state index contributed by atoms with van der Waals surface area (Å²) in [5, 5.41) is 11.1. The van der Waals surface area contributed by atoms with E-state index in [1.807, 2.05) is 13.8 Å². The second-order valence-corrected chi connectivity index (χ2v) is 5.45. The highest BCUT2D eigenvalue weighted by Gasteiger charge is 2.20. The molecule has 0 aliphatic carbocycles. The van der Waals surface area contributed by atoms with Crippen molar-refractivity contribution in [3.8, 4) is 11.6 Å². The number of aromatic nitrogens is 2. The molecule has 0 aliphatic rings. The van der Waals surface area contributed by atoms with E-state index in [-0.39, 0.29) is 29.1 Å². The largest absolute Gasteiger partial charge is 0.430 e. The van der Waals surface area contributed by atoms with E-state index >= 15 is 0 Å². The molecule has 2 rings (SSSR count). The van der Waals surface area contributed by atoms with Crippen LogP contribution in [-0.4, -0.2) is 14.9 Å². The lowest BCUT2D eigenvalue weighted by molar-refractivity contribution is -0.385. The summed E-state index contributed by atoms with van der Waals surface area (Å²) in [6.45, 7) is 3.83. The Balaban J connectivity index is 2.45. The lowest BCUT2D eigenvalue weighted by atomic mass is 10.2. The predicted octanol–water partition coefficient (Wildman–Crippen LogP) is 3.65. The first kappa shape index (κ1) is 15.2. The summed E-state index contributed by atoms with van der Waals surface area (Å²) in [7, 11) is 0. The fourth-order valence-corrected chi connectivity index (χ4v) is 2.06. The molecule has 0 unspecified atom stereocenters. The molecule has 1 heterocycles. The molecule has 2 N–H and O–H groups in total. The summed E-state index contributed by atoms with van der Waals surface area (Å²) in [4.78, 5) is 18.8. The summed E-state index contributed by atoms with van der Waals surface area (Å²) in [5.74, 6) is 1.07. The minimum Gasteiger partial charge on any atom is -0.430 e. The summed E-state index contributed by atoms with van der Waals surface area (Å²) >= 11 is 3.23. The molecule has 21 heavy (non-hydrogen) atoms. The molecule has 110 valence electrons. The number of para-hydroxylation sites is 1. The van der Waals surface area contributed by atoms with Gasteiger partial charge in [-0.25, -0.2) is 4.98 Å². The van der Waals surface area contributed by atoms with Gasteiger partial charge in [-0.15, -0.1) is 0 Å². The van der Waals surface area contributed by atoms with Crippen molar-refractivity contribution in [2.75, 3.05) is 5.73 Å². The van der Waals surface area contributed by atoms with Gasteiger partial charge < -0.3 is 10.5 Å². The summed E-state index contributed by atoms with van der Waals surface area (Å²) in [6, 6.07) is 5.99. The Kier molecular flexibility index (Phi) is 4.37. The number of hydrogen-bond acceptors (Lipinski definition) is 6. The van der Waals surface area contributed by atoms with Gasteiger partial charge in [0.1, 0.15) is 11.6 Å². The number of nitrogens with zero attached hydrogens (tertiary/aromatic N) is 3. The van der Waals surface area contributed by atoms with Gasteiger partial charge in [0.25, 0.3) is 0 Å². The van der Waals surface area contributed by atoms with Crippen LogP contribution in [-0.2, 0) is 0 Å². The molecule has 8 heteroatoms. The second kappa shape index (κ2) is 6.04. The van der Waals surface area contributed by atoms with Crippen LogP contribution in [0.1, 0.15) is 25.6 Å². The first-order valence-corrected chi connectivity index (χ1v) is 6.93. The Morgan fingerprint density at radius 2 is 2.10 bits per heavy atom. The smallest absolute Gasteiger partial charge is 0.312 e. The molecule has 0 radical (unpaired) electrons. The van der Waals surface area contributed by atoms with Crippen molar-refractivity contribution in [1.82, 2.24) is 9.97 Å². The third kappa shape index (κ3) is 3.46. The van der Waals surface area contributed by atoms with Gasteiger partial charge in [0.2, 0.25) is 11.6 Å². The average Bonchev–Trinajstić information content (AvgIpc) is 2.40. The van der Waals surface area contributed by atoms with Gasteiger partial charge in [-0.3, -0.25) is 10.1 Å². The number of nitrogen functional groups attached to an aromatic ring is 1. The Labute approximate surface area is 129 Å². The van der Waals surface area contributed by atoms with E-state index in [2.05, 4.69) is 25.9 Å². The normalized spacial score (nSPS) is 10.7. The number of nitro benzene ring substituents is 1. The standard InChI is InChI=1S/C13H13BrN4O3/c1-7(2)13-16-10(15)6-11(17-13)21-12-8(14)4-3-5-9(12)18(19)20/h3-7H,1-2H3,(H2,15,16,17). The third-order valence-corrected chi connectivity index (χ3v) is 3.23. The van der Waals surface area contributed by atoms with E-state index in [4.69, 9.17) is 10.5 Å². The number of benzene rings is 1. The summed E-state index contributed by atoms with van der Waals surface area (Å²) in [5.41, 5.74) is 5.55. The molecule has 2 aromatic rings. The van der Waals surface area contributed by atoms with Crippen LogP contribution in [0, 0.1) is 10.1 Å². The van der Waals surface area contributed by atoms with E-state index in [9.17, 15) is 10.1 Å². The second-order valence-electron chi connectivity index (χ2n) is 4.59. The zero-order valence-electron chi connectivity index (χ0n) is 11.4. The summed E-state index contributed by atoms with van der Waals surface area (Å²) in [6.07, 6.45) is 0. The molecule has 0 bridgehead atoms. The Bertz CT molecular complexity index is 691. The monoisotopic (exact) mass is 352 g/mol. The minimum atomic E-state index is -0.520. The van der Waals surface area contributed by atoms with Gasteiger partial charge >= 0.3 is 5.69 Å². The third-order valence-electron chi connectivity index (χ3n) is 2.61. The van der Waals surface area contributed by atoms with E-state index in [0.717, 1.165) is 0 Å². The molecular weight excluding hydrogens is 340 g/mol. The van der Waals surface area contributed by atoms with E-state index < -0.39 is 4.92 Å². The molecule has 1 aromatic carbocycles. The van der Waals surface area contributed by atoms with Crippen molar-refractivity contribution in [3.63, 3.8) is 0 Å². The van der Waals surface area contributed by atoms with Gasteiger partial charge in [-0.1, -0.05) is 19.9 Å². The molecule has 1 aromatic heterocycles. The van der Waals surface area contributed by atoms with Gasteiger partial charge in [0.05, 0.1) is 9.40 Å². The van der Waals surface area contributed by atoms with Crippen molar-refractivity contribution >= 4 is 27.4 Å². The number of halogens is 1. The summed E-state index contributed by atoms with van der Waals surface area (Å²) < 4.78 is 6.01. The highest BCUT2D eigenvalue weighted by Crippen LogP contribution is 2.37. The highest BCUT2D eigenvalue weighted by molar-refractivity contribution is 9.10. The zero-order chi connectivity index (χ0) is 15.6. The quantitative estimate of drug-likeness (QED) is 0.665. The molecule has 7 nitrogen and oxygen atoms in total. The molecule has 0 aliphatic heterocycles. The maximum atomic E-state index is 11.1. The predicted molar refractivity (Wildman–Crippen MR) is 81.4 cm³/mol. The van der Waals surface area contributed by atoms with Crippen LogP contribution in [0.5, 0.6) is 11.6 Å². The molecule has 0 spiro atoms. The Hall–Kier alpha value is -2.22. The first-order chi connectivity index (χ1) is 9.88. The van der Waals surface area contributed by atoms with Crippen LogP contribution < -0.4 is 10.5 Å². The van der Waals surface area contributed by atoms with Crippen molar-refractivity contribution in [1.29, 1.82) is 0 Å². The fraction of sp³-hybridized carbons (Fsp3) is 0.231. The molecule has 0 amide bonds. The SMILES string of the molecule is CC(C)c1nc(N)cc(Oc2c(Br)cccc2[N+](=O)[O-])n1. The van der Waals surface area contributed by atoms with Crippen LogP contribution in [0.4, 0.5) is 11.5 Å². The maximum absolute atomic E-state index is 11.1. The van der Waals surface area contributed by atoms with Gasteiger partial charge in [-0.2, -0.15) is 4.98 Å². The lowest BCUT2D eigenvalue weighted by Gasteiger charge is -2.10. The molecule has 0 saturated heterocycles. The van der Waals surface area contributed by atoms with E-state index in [0.29, 0.717) is 10.3 Å². The number of anilines is 1. The van der Waals surface area contributed by atoms with Crippen LogP contribution in [0.15, 0.2) is 28.7 Å². The van der Waals surface area contributed by atoms with Crippen LogP contribution >= 0.6 is 15.9 Å². The molecule has 0 fully saturated rings. The topological polar surface area (TPSA) is 104 Å². The van der Waals surface area contributed by atoms with Crippen molar-refractivity contribution in [2.24, 2.45) is 0 Å². The first-order valence-electron chi connectivity index (χ1n) is 6.13. The van der Waals surface area contributed by atoms with Crippen LogP contribution in [0.2, 0.25) is 0 Å². The van der Waals surface area contributed by atoms with Crippen molar-refractivity contribution < 1.29 is 9.66 Å².